The second-order valence-electron chi connectivity index (χ2n) is 10.3. The summed E-state index contributed by atoms with van der Waals surface area (Å²) in [6.07, 6.45) is 2.85. The van der Waals surface area contributed by atoms with E-state index in [0.29, 0.717) is 65.9 Å². The zero-order valence-electron chi connectivity index (χ0n) is 26.0. The Balaban J connectivity index is 1.43. The van der Waals surface area contributed by atoms with Gasteiger partial charge in [0.1, 0.15) is 47.5 Å². The maximum atomic E-state index is 12.5. The second-order valence-corrected chi connectivity index (χ2v) is 10.3. The van der Waals surface area contributed by atoms with Gasteiger partial charge >= 0.3 is 5.97 Å². The number of rotatable bonds is 17. The van der Waals surface area contributed by atoms with Gasteiger partial charge in [0.25, 0.3) is 0 Å². The monoisotopic (exact) mass is 612 g/mol. The summed E-state index contributed by atoms with van der Waals surface area (Å²) in [5.41, 5.74) is 3.41. The fourth-order valence-electron chi connectivity index (χ4n) is 4.82. The molecule has 8 nitrogen and oxygen atoms in total. The number of Topliss-reactive ketones (excluding diaryl/α,β-unsaturated/α-hetero) is 1. The highest BCUT2D eigenvalue weighted by Gasteiger charge is 2.18. The van der Waals surface area contributed by atoms with E-state index >= 15 is 0 Å². The first kappa shape index (κ1) is 33.1. The molecule has 4 aromatic rings. The van der Waals surface area contributed by atoms with Gasteiger partial charge in [-0.1, -0.05) is 68.8 Å². The van der Waals surface area contributed by atoms with E-state index in [1.165, 1.54) is 7.11 Å². The van der Waals surface area contributed by atoms with Crippen molar-refractivity contribution in [2.45, 2.75) is 46.1 Å². The van der Waals surface area contributed by atoms with Crippen LogP contribution in [0.2, 0.25) is 0 Å². The number of carbonyl (C=O) groups is 2. The molecule has 4 rings (SSSR count). The molecular weight excluding hydrogens is 572 g/mol. The Hall–Kier alpha value is -4.82. The van der Waals surface area contributed by atoms with E-state index in [4.69, 9.17) is 23.7 Å². The van der Waals surface area contributed by atoms with Crippen LogP contribution in [-0.2, 0) is 24.2 Å². The van der Waals surface area contributed by atoms with E-state index in [2.05, 4.69) is 6.92 Å². The van der Waals surface area contributed by atoms with Crippen molar-refractivity contribution < 1.29 is 38.4 Å². The molecule has 0 atom stereocenters. The molecule has 0 aliphatic carbocycles. The molecule has 8 heteroatoms. The summed E-state index contributed by atoms with van der Waals surface area (Å²) in [5.74, 6) is 1.87. The van der Waals surface area contributed by atoms with Crippen LogP contribution in [0.4, 0.5) is 0 Å². The Morgan fingerprint density at radius 1 is 0.711 bits per heavy atom. The summed E-state index contributed by atoms with van der Waals surface area (Å²) < 4.78 is 29.5. The topological polar surface area (TPSA) is 101 Å². The smallest absolute Gasteiger partial charge is 0.341 e. The maximum absolute atomic E-state index is 12.5. The third-order valence-corrected chi connectivity index (χ3v) is 7.13. The number of para-hydroxylation sites is 1. The highest BCUT2D eigenvalue weighted by Crippen LogP contribution is 2.35. The Labute approximate surface area is 264 Å². The average Bonchev–Trinajstić information content (AvgIpc) is 3.08. The minimum absolute atomic E-state index is 0.280. The summed E-state index contributed by atoms with van der Waals surface area (Å²) >= 11 is 0. The average molecular weight is 613 g/mol. The van der Waals surface area contributed by atoms with E-state index in [9.17, 15) is 14.7 Å². The van der Waals surface area contributed by atoms with Crippen molar-refractivity contribution >= 4 is 11.8 Å². The first-order valence-corrected chi connectivity index (χ1v) is 15.2. The number of hydrogen-bond donors (Lipinski definition) is 1. The lowest BCUT2D eigenvalue weighted by molar-refractivity contribution is 0.0597. The van der Waals surface area contributed by atoms with Crippen molar-refractivity contribution in [1.29, 1.82) is 0 Å². The van der Waals surface area contributed by atoms with Crippen molar-refractivity contribution in [2.24, 2.45) is 0 Å². The molecule has 0 unspecified atom stereocenters. The van der Waals surface area contributed by atoms with Gasteiger partial charge in [0.2, 0.25) is 0 Å². The molecule has 45 heavy (non-hydrogen) atoms. The van der Waals surface area contributed by atoms with Crippen molar-refractivity contribution in [3.8, 4) is 28.7 Å². The van der Waals surface area contributed by atoms with Crippen molar-refractivity contribution in [3.05, 3.63) is 113 Å². The number of aliphatic hydroxyl groups excluding tert-OH is 1. The number of aliphatic hydroxyl groups is 1. The highest BCUT2D eigenvalue weighted by molar-refractivity contribution is 6.00. The van der Waals surface area contributed by atoms with Gasteiger partial charge in [0, 0.05) is 18.1 Å². The number of ether oxygens (including phenoxy) is 5. The molecule has 0 aliphatic heterocycles. The van der Waals surface area contributed by atoms with Crippen LogP contribution in [0.25, 0.3) is 0 Å². The van der Waals surface area contributed by atoms with Crippen molar-refractivity contribution in [1.82, 2.24) is 0 Å². The number of ketones is 1. The molecule has 0 aliphatic rings. The molecule has 0 aromatic heterocycles. The number of methoxy groups -OCH3 is 1. The molecule has 0 radical (unpaired) electrons. The molecular formula is C37H40O8. The standard InChI is InChI=1S/C37H40O8/c1-4-13-28-32(18-11-19-33(28)45-34-17-10-9-16-29(34)37(40)41-3)42-20-12-21-43-35-23-36(44-25-26-14-7-6-8-15-26)30(31(39)24-38)22-27(35)5-2/h6-11,14-19,22-23,38H,4-5,12-13,20-21,24-25H2,1-3H3. The van der Waals surface area contributed by atoms with E-state index in [0.717, 1.165) is 29.5 Å². The summed E-state index contributed by atoms with van der Waals surface area (Å²) in [4.78, 5) is 24.8. The zero-order valence-corrected chi connectivity index (χ0v) is 26.0. The summed E-state index contributed by atoms with van der Waals surface area (Å²) in [6, 6.07) is 25.8. The van der Waals surface area contributed by atoms with Gasteiger partial charge in [-0.05, 0) is 54.3 Å². The third kappa shape index (κ3) is 8.86. The molecule has 0 bridgehead atoms. The fraction of sp³-hybridized carbons (Fsp3) is 0.297. The maximum Gasteiger partial charge on any atom is 0.341 e. The van der Waals surface area contributed by atoms with E-state index in [1.54, 1.807) is 30.3 Å². The molecule has 0 saturated heterocycles. The lowest BCUT2D eigenvalue weighted by Gasteiger charge is -2.18. The van der Waals surface area contributed by atoms with Crippen LogP contribution in [0, 0.1) is 0 Å². The van der Waals surface area contributed by atoms with Gasteiger partial charge in [0.15, 0.2) is 5.78 Å². The predicted molar refractivity (Wildman–Crippen MR) is 172 cm³/mol. The Morgan fingerprint density at radius 2 is 1.40 bits per heavy atom. The first-order chi connectivity index (χ1) is 22.0. The summed E-state index contributed by atoms with van der Waals surface area (Å²) in [6.45, 7) is 4.52. The van der Waals surface area contributed by atoms with Gasteiger partial charge in [0.05, 0.1) is 25.9 Å². The van der Waals surface area contributed by atoms with Crippen molar-refractivity contribution in [3.63, 3.8) is 0 Å². The predicted octanol–water partition coefficient (Wildman–Crippen LogP) is 7.38. The van der Waals surface area contributed by atoms with Crippen LogP contribution in [-0.4, -0.2) is 43.8 Å². The van der Waals surface area contributed by atoms with Crippen LogP contribution < -0.4 is 18.9 Å². The lowest BCUT2D eigenvalue weighted by Crippen LogP contribution is -2.11. The van der Waals surface area contributed by atoms with Gasteiger partial charge in [-0.2, -0.15) is 0 Å². The van der Waals surface area contributed by atoms with Gasteiger partial charge < -0.3 is 28.8 Å². The fourth-order valence-corrected chi connectivity index (χ4v) is 4.82. The number of benzene rings is 4. The Bertz CT molecular complexity index is 1560. The minimum atomic E-state index is -0.605. The van der Waals surface area contributed by atoms with E-state index in [1.807, 2.05) is 61.5 Å². The molecule has 236 valence electrons. The van der Waals surface area contributed by atoms with E-state index in [-0.39, 0.29) is 6.61 Å². The Morgan fingerprint density at radius 3 is 2.11 bits per heavy atom. The number of carbonyl (C=O) groups excluding carboxylic acids is 2. The highest BCUT2D eigenvalue weighted by atomic mass is 16.5. The molecule has 0 heterocycles. The van der Waals surface area contributed by atoms with Crippen LogP contribution in [0.1, 0.15) is 64.1 Å². The summed E-state index contributed by atoms with van der Waals surface area (Å²) in [7, 11) is 1.34. The largest absolute Gasteiger partial charge is 0.493 e. The van der Waals surface area contributed by atoms with Crippen LogP contribution in [0.15, 0.2) is 84.9 Å². The van der Waals surface area contributed by atoms with Crippen molar-refractivity contribution in [2.75, 3.05) is 26.9 Å². The molecule has 0 spiro atoms. The second kappa shape index (κ2) is 16.9. The normalized spacial score (nSPS) is 10.7. The van der Waals surface area contributed by atoms with Crippen LogP contribution >= 0.6 is 0 Å². The minimum Gasteiger partial charge on any atom is -0.493 e. The van der Waals surface area contributed by atoms with E-state index < -0.39 is 18.4 Å². The Kier molecular flexibility index (Phi) is 12.4. The molecule has 0 amide bonds. The first-order valence-electron chi connectivity index (χ1n) is 15.2. The number of esters is 1. The molecule has 0 saturated carbocycles. The zero-order chi connectivity index (χ0) is 32.0. The van der Waals surface area contributed by atoms with Crippen LogP contribution in [0.5, 0.6) is 28.7 Å². The third-order valence-electron chi connectivity index (χ3n) is 7.13. The van der Waals surface area contributed by atoms with Gasteiger partial charge in [-0.25, -0.2) is 4.79 Å². The quantitative estimate of drug-likeness (QED) is 0.0749. The van der Waals surface area contributed by atoms with Gasteiger partial charge in [-0.3, -0.25) is 4.79 Å². The molecule has 1 N–H and O–H groups in total. The summed E-state index contributed by atoms with van der Waals surface area (Å²) in [5, 5.41) is 9.54. The van der Waals surface area contributed by atoms with Gasteiger partial charge in [-0.15, -0.1) is 0 Å². The SMILES string of the molecule is CCCc1c(OCCCOc2cc(OCc3ccccc3)c(C(=O)CO)cc2CC)cccc1Oc1ccccc1C(=O)OC. The number of aryl methyl sites for hydroxylation is 1. The lowest BCUT2D eigenvalue weighted by atomic mass is 10.0. The number of hydrogen-bond acceptors (Lipinski definition) is 8. The molecule has 4 aromatic carbocycles. The van der Waals surface area contributed by atoms with Crippen LogP contribution in [0.3, 0.4) is 0 Å². The molecule has 0 fully saturated rings.